The van der Waals surface area contributed by atoms with Crippen molar-refractivity contribution in [2.45, 2.75) is 44.6 Å². The van der Waals surface area contributed by atoms with Gasteiger partial charge in [0.15, 0.2) is 11.6 Å². The second kappa shape index (κ2) is 4.88. The first-order valence-electron chi connectivity index (χ1n) is 6.10. The minimum absolute atomic E-state index is 0.00819. The van der Waals surface area contributed by atoms with Gasteiger partial charge in [0.1, 0.15) is 11.9 Å². The first kappa shape index (κ1) is 12.7. The number of anilines is 1. The van der Waals surface area contributed by atoms with E-state index in [0.717, 1.165) is 12.8 Å². The summed E-state index contributed by atoms with van der Waals surface area (Å²) < 4.78 is 14.0. The molecule has 0 saturated heterocycles. The van der Waals surface area contributed by atoms with Gasteiger partial charge in [0.25, 0.3) is 0 Å². The Bertz CT molecular complexity index is 459. The van der Waals surface area contributed by atoms with Gasteiger partial charge in [0, 0.05) is 0 Å². The Balaban J connectivity index is 2.30. The number of nitrogens with one attached hydrogen (secondary N) is 1. The molecule has 0 amide bonds. The van der Waals surface area contributed by atoms with Crippen LogP contribution in [-0.2, 0) is 11.2 Å². The maximum Gasteiger partial charge on any atom is 0.329 e. The molecule has 0 atom stereocenters. The monoisotopic (exact) mass is 253 g/mol. The minimum atomic E-state index is -1.08. The Morgan fingerprint density at radius 1 is 1.50 bits per heavy atom. The Labute approximate surface area is 104 Å². The topological polar surface area (TPSA) is 75.1 Å². The van der Waals surface area contributed by atoms with Gasteiger partial charge in [-0.2, -0.15) is 0 Å². The Kier molecular flexibility index (Phi) is 3.45. The molecule has 0 aliphatic heterocycles. The second-order valence-electron chi connectivity index (χ2n) is 4.56. The van der Waals surface area contributed by atoms with Crippen LogP contribution in [0.3, 0.4) is 0 Å². The highest BCUT2D eigenvalue weighted by molar-refractivity contribution is 5.82. The van der Waals surface area contributed by atoms with Crippen LogP contribution in [0.1, 0.15) is 38.3 Å². The molecule has 0 radical (unpaired) electrons. The molecule has 0 aromatic carbocycles. The van der Waals surface area contributed by atoms with E-state index < -0.39 is 17.3 Å². The molecule has 2 rings (SSSR count). The van der Waals surface area contributed by atoms with E-state index >= 15 is 0 Å². The number of aryl methyl sites for hydroxylation is 1. The van der Waals surface area contributed by atoms with E-state index in [1.807, 2.05) is 0 Å². The van der Waals surface area contributed by atoms with Crippen LogP contribution in [-0.4, -0.2) is 26.6 Å². The lowest BCUT2D eigenvalue weighted by atomic mass is 9.98. The number of aromatic nitrogens is 2. The van der Waals surface area contributed by atoms with Crippen LogP contribution < -0.4 is 5.32 Å². The van der Waals surface area contributed by atoms with Gasteiger partial charge in [-0.05, 0) is 19.3 Å². The van der Waals surface area contributed by atoms with Crippen molar-refractivity contribution in [3.63, 3.8) is 0 Å². The van der Waals surface area contributed by atoms with Gasteiger partial charge in [-0.3, -0.25) is 0 Å². The molecule has 18 heavy (non-hydrogen) atoms. The van der Waals surface area contributed by atoms with E-state index in [4.69, 9.17) is 0 Å². The highest BCUT2D eigenvalue weighted by Crippen LogP contribution is 2.33. The lowest BCUT2D eigenvalue weighted by molar-refractivity contribution is -0.142. The number of aliphatic carboxylic acids is 1. The summed E-state index contributed by atoms with van der Waals surface area (Å²) in [5.41, 5.74) is -0.786. The zero-order valence-corrected chi connectivity index (χ0v) is 10.2. The normalized spacial score (nSPS) is 17.7. The molecule has 1 saturated carbocycles. The van der Waals surface area contributed by atoms with Gasteiger partial charge in [-0.25, -0.2) is 19.2 Å². The quantitative estimate of drug-likeness (QED) is 0.858. The molecule has 5 nitrogen and oxygen atoms in total. The van der Waals surface area contributed by atoms with Crippen molar-refractivity contribution in [3.8, 4) is 0 Å². The maximum atomic E-state index is 14.0. The van der Waals surface area contributed by atoms with Gasteiger partial charge in [-0.15, -0.1) is 0 Å². The Hall–Kier alpha value is -1.72. The number of carboxylic acid groups (broad SMARTS) is 1. The second-order valence-corrected chi connectivity index (χ2v) is 4.56. The third-order valence-corrected chi connectivity index (χ3v) is 3.42. The molecule has 0 spiro atoms. The summed E-state index contributed by atoms with van der Waals surface area (Å²) in [7, 11) is 0. The zero-order chi connectivity index (χ0) is 13.2. The zero-order valence-electron chi connectivity index (χ0n) is 10.2. The standard InChI is InChI=1S/C12H16FN3O2/c1-2-8-9(13)10(15-7-14-8)16-12(11(17)18)5-3-4-6-12/h7H,2-6H2,1H3,(H,17,18)(H,14,15,16). The highest BCUT2D eigenvalue weighted by Gasteiger charge is 2.42. The van der Waals surface area contributed by atoms with Crippen molar-refractivity contribution in [2.75, 3.05) is 5.32 Å². The number of halogens is 1. The van der Waals surface area contributed by atoms with Crippen LogP contribution in [0.4, 0.5) is 10.2 Å². The summed E-state index contributed by atoms with van der Waals surface area (Å²) in [5, 5.41) is 12.1. The van der Waals surface area contributed by atoms with Crippen LogP contribution in [0.15, 0.2) is 6.33 Å². The van der Waals surface area contributed by atoms with Gasteiger partial charge in [-0.1, -0.05) is 19.8 Å². The van der Waals surface area contributed by atoms with Crippen LogP contribution >= 0.6 is 0 Å². The Morgan fingerprint density at radius 3 is 2.72 bits per heavy atom. The number of carboxylic acids is 1. The van der Waals surface area contributed by atoms with Gasteiger partial charge in [0.2, 0.25) is 0 Å². The van der Waals surface area contributed by atoms with Crippen molar-refractivity contribution < 1.29 is 14.3 Å². The number of rotatable bonds is 4. The summed E-state index contributed by atoms with van der Waals surface area (Å²) >= 11 is 0. The molecule has 6 heteroatoms. The molecule has 1 heterocycles. The van der Waals surface area contributed by atoms with Crippen molar-refractivity contribution in [1.29, 1.82) is 0 Å². The fourth-order valence-electron chi connectivity index (χ4n) is 2.34. The van der Waals surface area contributed by atoms with E-state index in [1.54, 1.807) is 6.92 Å². The summed E-state index contributed by atoms with van der Waals surface area (Å²) in [4.78, 5) is 19.0. The van der Waals surface area contributed by atoms with E-state index in [-0.39, 0.29) is 5.82 Å². The average Bonchev–Trinajstić information content (AvgIpc) is 2.82. The summed E-state index contributed by atoms with van der Waals surface area (Å²) in [6.45, 7) is 1.79. The molecule has 98 valence electrons. The van der Waals surface area contributed by atoms with Crippen LogP contribution in [0.5, 0.6) is 0 Å². The van der Waals surface area contributed by atoms with E-state index in [1.165, 1.54) is 6.33 Å². The molecule has 0 bridgehead atoms. The maximum absolute atomic E-state index is 14.0. The predicted octanol–water partition coefficient (Wildman–Crippen LogP) is 1.99. The smallest absolute Gasteiger partial charge is 0.329 e. The van der Waals surface area contributed by atoms with Crippen molar-refractivity contribution in [3.05, 3.63) is 17.8 Å². The van der Waals surface area contributed by atoms with Crippen LogP contribution in [0.25, 0.3) is 0 Å². The molecule has 1 aromatic heterocycles. The van der Waals surface area contributed by atoms with Crippen LogP contribution in [0.2, 0.25) is 0 Å². The van der Waals surface area contributed by atoms with Crippen molar-refractivity contribution >= 4 is 11.8 Å². The minimum Gasteiger partial charge on any atom is -0.480 e. The Morgan fingerprint density at radius 2 is 2.17 bits per heavy atom. The van der Waals surface area contributed by atoms with E-state index in [0.29, 0.717) is 25.0 Å². The first-order chi connectivity index (χ1) is 8.59. The predicted molar refractivity (Wildman–Crippen MR) is 63.8 cm³/mol. The highest BCUT2D eigenvalue weighted by atomic mass is 19.1. The molecule has 1 aromatic rings. The number of hydrogen-bond acceptors (Lipinski definition) is 4. The molecule has 1 fully saturated rings. The fourth-order valence-corrected chi connectivity index (χ4v) is 2.34. The van der Waals surface area contributed by atoms with E-state index in [9.17, 15) is 14.3 Å². The SMILES string of the molecule is CCc1ncnc(NC2(C(=O)O)CCCC2)c1F. The summed E-state index contributed by atoms with van der Waals surface area (Å²) in [6.07, 6.45) is 4.34. The fraction of sp³-hybridized carbons (Fsp3) is 0.583. The number of nitrogens with zero attached hydrogens (tertiary/aromatic N) is 2. The average molecular weight is 253 g/mol. The molecular weight excluding hydrogens is 237 g/mol. The van der Waals surface area contributed by atoms with Crippen molar-refractivity contribution in [1.82, 2.24) is 9.97 Å². The first-order valence-corrected chi connectivity index (χ1v) is 6.10. The molecular formula is C12H16FN3O2. The molecule has 1 aliphatic rings. The van der Waals surface area contributed by atoms with Gasteiger partial charge >= 0.3 is 5.97 Å². The van der Waals surface area contributed by atoms with Crippen LogP contribution in [0, 0.1) is 5.82 Å². The summed E-state index contributed by atoms with van der Waals surface area (Å²) in [6, 6.07) is 0. The van der Waals surface area contributed by atoms with Gasteiger partial charge in [0.05, 0.1) is 5.69 Å². The largest absolute Gasteiger partial charge is 0.480 e. The molecule has 1 aliphatic carbocycles. The number of hydrogen-bond donors (Lipinski definition) is 2. The number of carbonyl (C=O) groups is 1. The molecule has 0 unspecified atom stereocenters. The molecule has 2 N–H and O–H groups in total. The summed E-state index contributed by atoms with van der Waals surface area (Å²) in [5.74, 6) is -1.50. The third-order valence-electron chi connectivity index (χ3n) is 3.42. The van der Waals surface area contributed by atoms with Gasteiger partial charge < -0.3 is 10.4 Å². The lowest BCUT2D eigenvalue weighted by Gasteiger charge is -2.26. The van der Waals surface area contributed by atoms with Crippen molar-refractivity contribution in [2.24, 2.45) is 0 Å². The van der Waals surface area contributed by atoms with E-state index in [2.05, 4.69) is 15.3 Å². The lowest BCUT2D eigenvalue weighted by Crippen LogP contribution is -2.44. The third kappa shape index (κ3) is 2.14.